The number of carboxylic acid groups (broad SMARTS) is 1. The molecule has 6 heteroatoms. The minimum absolute atomic E-state index is 0.202. The van der Waals surface area contributed by atoms with Crippen LogP contribution in [0.2, 0.25) is 0 Å². The zero-order valence-electron chi connectivity index (χ0n) is 24.6. The van der Waals surface area contributed by atoms with Crippen molar-refractivity contribution in [2.75, 3.05) is 13.2 Å². The Labute approximate surface area is 229 Å². The Kier molecular flexibility index (Phi) is 27.0. The normalized spacial score (nSPS) is 12.9. The molecule has 0 aliphatic heterocycles. The van der Waals surface area contributed by atoms with E-state index in [-0.39, 0.29) is 12.0 Å². The molecule has 0 heterocycles. The highest BCUT2D eigenvalue weighted by molar-refractivity contribution is 5.75. The number of esters is 1. The third-order valence-electron chi connectivity index (χ3n) is 7.27. The number of nitrogens with two attached hydrogens (primary N) is 1. The van der Waals surface area contributed by atoms with Crippen LogP contribution in [0.15, 0.2) is 0 Å². The van der Waals surface area contributed by atoms with Crippen LogP contribution in [-0.4, -0.2) is 42.3 Å². The number of rotatable bonds is 29. The highest BCUT2D eigenvalue weighted by Gasteiger charge is 2.20. The van der Waals surface area contributed by atoms with Crippen LogP contribution in [-0.2, 0) is 14.3 Å². The predicted octanol–water partition coefficient (Wildman–Crippen LogP) is 7.91. The molecule has 37 heavy (non-hydrogen) atoms. The number of nitrogens with one attached hydrogen (secondary N) is 1. The molecule has 0 fully saturated rings. The fourth-order valence-electron chi connectivity index (χ4n) is 4.72. The van der Waals surface area contributed by atoms with Gasteiger partial charge in [-0.15, -0.1) is 0 Å². The molecule has 0 rings (SSSR count). The van der Waals surface area contributed by atoms with E-state index in [2.05, 4.69) is 19.2 Å². The average molecular weight is 527 g/mol. The van der Waals surface area contributed by atoms with E-state index in [4.69, 9.17) is 15.6 Å². The van der Waals surface area contributed by atoms with Gasteiger partial charge in [-0.25, -0.2) is 0 Å². The molecule has 0 aliphatic rings. The van der Waals surface area contributed by atoms with E-state index in [1.807, 2.05) is 0 Å². The molecule has 0 aromatic carbocycles. The van der Waals surface area contributed by atoms with Crippen LogP contribution >= 0.6 is 0 Å². The van der Waals surface area contributed by atoms with Gasteiger partial charge in [0, 0.05) is 0 Å². The van der Waals surface area contributed by atoms with Gasteiger partial charge in [-0.05, 0) is 38.6 Å². The maximum absolute atomic E-state index is 12.7. The van der Waals surface area contributed by atoms with Gasteiger partial charge in [-0.1, -0.05) is 129 Å². The Morgan fingerprint density at radius 3 is 1.54 bits per heavy atom. The molecule has 0 aliphatic carbocycles. The van der Waals surface area contributed by atoms with Crippen molar-refractivity contribution >= 4 is 11.9 Å². The third kappa shape index (κ3) is 24.9. The molecule has 0 radical (unpaired) electrons. The highest BCUT2D eigenvalue weighted by Crippen LogP contribution is 2.13. The first kappa shape index (κ1) is 35.9. The lowest BCUT2D eigenvalue weighted by Gasteiger charge is -2.18. The second-order valence-corrected chi connectivity index (χ2v) is 10.9. The van der Waals surface area contributed by atoms with Crippen molar-refractivity contribution in [1.29, 1.82) is 0 Å². The van der Waals surface area contributed by atoms with Crippen LogP contribution in [0, 0.1) is 0 Å². The van der Waals surface area contributed by atoms with E-state index >= 15 is 0 Å². The summed E-state index contributed by atoms with van der Waals surface area (Å²) in [5.41, 5.74) is 5.63. The van der Waals surface area contributed by atoms with Crippen molar-refractivity contribution < 1.29 is 19.4 Å². The van der Waals surface area contributed by atoms with Gasteiger partial charge < -0.3 is 20.9 Å². The fourth-order valence-corrected chi connectivity index (χ4v) is 4.72. The molecule has 220 valence electrons. The fraction of sp³-hybridized carbons (Fsp3) is 0.935. The van der Waals surface area contributed by atoms with Gasteiger partial charge in [-0.3, -0.25) is 9.59 Å². The zero-order valence-corrected chi connectivity index (χ0v) is 24.6. The molecule has 0 aromatic heterocycles. The zero-order chi connectivity index (χ0) is 27.4. The number of aliphatic carboxylic acids is 1. The highest BCUT2D eigenvalue weighted by atomic mass is 16.5. The molecule has 0 aromatic rings. The summed E-state index contributed by atoms with van der Waals surface area (Å²) in [5.74, 6) is -1.19. The van der Waals surface area contributed by atoms with E-state index in [0.717, 1.165) is 25.8 Å². The van der Waals surface area contributed by atoms with Gasteiger partial charge in [-0.2, -0.15) is 0 Å². The van der Waals surface area contributed by atoms with Crippen LogP contribution in [0.1, 0.15) is 162 Å². The van der Waals surface area contributed by atoms with Crippen molar-refractivity contribution in [2.24, 2.45) is 5.73 Å². The standard InChI is InChI=1S/C31H62N2O4/c1-3-5-7-9-11-13-14-15-16-18-20-22-27-37-31(36)29(25-23-24-28(32)30(34)35)33-26-21-19-17-12-10-8-6-4-2/h28-29,33H,3-27,32H2,1-2H3,(H,34,35)/t28-,29?/m0/s1. The molecule has 0 spiro atoms. The average Bonchev–Trinajstić information content (AvgIpc) is 2.88. The van der Waals surface area contributed by atoms with Crippen molar-refractivity contribution in [2.45, 2.75) is 174 Å². The summed E-state index contributed by atoms with van der Waals surface area (Å²) in [6.07, 6.45) is 26.9. The van der Waals surface area contributed by atoms with Gasteiger partial charge in [0.2, 0.25) is 0 Å². The number of carbonyl (C=O) groups excluding carboxylic acids is 1. The molecule has 0 saturated heterocycles. The first-order chi connectivity index (χ1) is 18.0. The van der Waals surface area contributed by atoms with E-state index in [0.29, 0.717) is 25.9 Å². The topological polar surface area (TPSA) is 102 Å². The lowest BCUT2D eigenvalue weighted by molar-refractivity contribution is -0.146. The maximum Gasteiger partial charge on any atom is 0.323 e. The molecular formula is C31H62N2O4. The number of carboxylic acids is 1. The minimum atomic E-state index is -0.988. The lowest BCUT2D eigenvalue weighted by Crippen LogP contribution is -2.39. The van der Waals surface area contributed by atoms with Crippen LogP contribution in [0.5, 0.6) is 0 Å². The number of unbranched alkanes of at least 4 members (excludes halogenated alkanes) is 18. The molecule has 6 nitrogen and oxygen atoms in total. The van der Waals surface area contributed by atoms with Crippen LogP contribution in [0.3, 0.4) is 0 Å². The Morgan fingerprint density at radius 2 is 1.08 bits per heavy atom. The van der Waals surface area contributed by atoms with Crippen molar-refractivity contribution in [1.82, 2.24) is 5.32 Å². The molecular weight excluding hydrogens is 464 g/mol. The van der Waals surface area contributed by atoms with Gasteiger partial charge >= 0.3 is 11.9 Å². The number of ether oxygens (including phenoxy) is 1. The molecule has 1 unspecified atom stereocenters. The Balaban J connectivity index is 4.01. The smallest absolute Gasteiger partial charge is 0.323 e. The lowest BCUT2D eigenvalue weighted by atomic mass is 10.0. The molecule has 0 bridgehead atoms. The Morgan fingerprint density at radius 1 is 0.649 bits per heavy atom. The summed E-state index contributed by atoms with van der Waals surface area (Å²) >= 11 is 0. The summed E-state index contributed by atoms with van der Waals surface area (Å²) in [7, 11) is 0. The third-order valence-corrected chi connectivity index (χ3v) is 7.27. The van der Waals surface area contributed by atoms with E-state index in [9.17, 15) is 9.59 Å². The summed E-state index contributed by atoms with van der Waals surface area (Å²) in [5, 5.41) is 12.4. The second kappa shape index (κ2) is 27.9. The number of hydrogen-bond donors (Lipinski definition) is 3. The largest absolute Gasteiger partial charge is 0.480 e. The Hall–Kier alpha value is -1.14. The van der Waals surface area contributed by atoms with Crippen molar-refractivity contribution in [3.05, 3.63) is 0 Å². The maximum atomic E-state index is 12.7. The quantitative estimate of drug-likeness (QED) is 0.0676. The molecule has 0 amide bonds. The van der Waals surface area contributed by atoms with E-state index < -0.39 is 12.0 Å². The van der Waals surface area contributed by atoms with Gasteiger partial charge in [0.15, 0.2) is 0 Å². The number of hydrogen-bond acceptors (Lipinski definition) is 5. The first-order valence-electron chi connectivity index (χ1n) is 15.9. The predicted molar refractivity (Wildman–Crippen MR) is 156 cm³/mol. The van der Waals surface area contributed by atoms with Gasteiger partial charge in [0.1, 0.15) is 12.1 Å². The summed E-state index contributed by atoms with van der Waals surface area (Å²) in [4.78, 5) is 23.7. The first-order valence-corrected chi connectivity index (χ1v) is 15.9. The SMILES string of the molecule is CCCCCCCCCCCCCCOC(=O)C(CCC[C@H](N)C(=O)O)NCCCCCCCCCC. The number of carbonyl (C=O) groups is 2. The van der Waals surface area contributed by atoms with Crippen LogP contribution in [0.25, 0.3) is 0 Å². The monoisotopic (exact) mass is 526 g/mol. The molecule has 2 atom stereocenters. The van der Waals surface area contributed by atoms with Gasteiger partial charge in [0.25, 0.3) is 0 Å². The van der Waals surface area contributed by atoms with Crippen LogP contribution in [0.4, 0.5) is 0 Å². The summed E-state index contributed by atoms with van der Waals surface area (Å²) in [6, 6.07) is -1.24. The summed E-state index contributed by atoms with van der Waals surface area (Å²) in [6.45, 7) is 5.76. The second-order valence-electron chi connectivity index (χ2n) is 10.9. The van der Waals surface area contributed by atoms with Crippen molar-refractivity contribution in [3.63, 3.8) is 0 Å². The molecule has 4 N–H and O–H groups in total. The van der Waals surface area contributed by atoms with Crippen molar-refractivity contribution in [3.8, 4) is 0 Å². The van der Waals surface area contributed by atoms with Crippen LogP contribution < -0.4 is 11.1 Å². The van der Waals surface area contributed by atoms with E-state index in [1.165, 1.54) is 109 Å². The Bertz CT molecular complexity index is 515. The van der Waals surface area contributed by atoms with Gasteiger partial charge in [0.05, 0.1) is 6.61 Å². The minimum Gasteiger partial charge on any atom is -0.480 e. The summed E-state index contributed by atoms with van der Waals surface area (Å²) < 4.78 is 5.59. The van der Waals surface area contributed by atoms with E-state index in [1.54, 1.807) is 0 Å². The molecule has 0 saturated carbocycles.